The van der Waals surface area contributed by atoms with Gasteiger partial charge in [0, 0.05) is 17.3 Å². The van der Waals surface area contributed by atoms with E-state index in [1.807, 2.05) is 0 Å². The second-order valence-corrected chi connectivity index (χ2v) is 6.61. The summed E-state index contributed by atoms with van der Waals surface area (Å²) in [6, 6.07) is 5.80. The number of hydrogen-bond acceptors (Lipinski definition) is 7. The number of carboxylic acid groups (broad SMARTS) is 1. The van der Waals surface area contributed by atoms with E-state index in [0.717, 1.165) is 12.1 Å². The van der Waals surface area contributed by atoms with Crippen molar-refractivity contribution in [3.05, 3.63) is 63.7 Å². The highest BCUT2D eigenvalue weighted by Crippen LogP contribution is 2.30. The van der Waals surface area contributed by atoms with Crippen molar-refractivity contribution in [3.8, 4) is 11.4 Å². The zero-order valence-corrected chi connectivity index (χ0v) is 16.8. The molecule has 4 rings (SSSR count). The number of benzene rings is 1. The molecule has 10 nitrogen and oxygen atoms in total. The number of halogens is 6. The number of aromatic amines is 1. The molecular weight excluding hydrogens is 478 g/mol. The Balaban J connectivity index is 0.000000406. The highest BCUT2D eigenvalue weighted by molar-refractivity contribution is 5.73. The van der Waals surface area contributed by atoms with Crippen LogP contribution in [0.2, 0.25) is 0 Å². The Bertz CT molecular complexity index is 1370. The number of nitrogens with zero attached hydrogens (tertiary/aromatic N) is 5. The number of aromatic nitrogens is 6. The quantitative estimate of drug-likeness (QED) is 0.418. The molecule has 0 radical (unpaired) electrons. The predicted molar refractivity (Wildman–Crippen MR) is 99.6 cm³/mol. The van der Waals surface area contributed by atoms with Crippen LogP contribution in [0.4, 0.5) is 26.3 Å². The van der Waals surface area contributed by atoms with Crippen molar-refractivity contribution in [1.82, 2.24) is 29.7 Å². The van der Waals surface area contributed by atoms with Gasteiger partial charge in [-0.3, -0.25) is 9.89 Å². The first-order chi connectivity index (χ1) is 15.7. The van der Waals surface area contributed by atoms with Crippen LogP contribution in [0, 0.1) is 6.92 Å². The van der Waals surface area contributed by atoms with E-state index in [1.54, 1.807) is 6.92 Å². The number of carbonyl (C=O) groups is 1. The number of fused-ring (bicyclic) bond motifs is 1. The van der Waals surface area contributed by atoms with E-state index in [0.29, 0.717) is 17.1 Å². The smallest absolute Gasteiger partial charge is 0.475 e. The highest BCUT2D eigenvalue weighted by atomic mass is 19.4. The summed E-state index contributed by atoms with van der Waals surface area (Å²) in [5.41, 5.74) is -0.130. The van der Waals surface area contributed by atoms with Crippen molar-refractivity contribution < 1.29 is 40.8 Å². The van der Waals surface area contributed by atoms with Crippen molar-refractivity contribution in [1.29, 1.82) is 0 Å². The van der Waals surface area contributed by atoms with Gasteiger partial charge in [0.2, 0.25) is 11.7 Å². The number of alkyl halides is 6. The topological polar surface area (TPSA) is 139 Å². The van der Waals surface area contributed by atoms with Crippen LogP contribution in [-0.4, -0.2) is 47.0 Å². The Hall–Kier alpha value is -4.24. The van der Waals surface area contributed by atoms with Crippen LogP contribution in [0.25, 0.3) is 17.2 Å². The van der Waals surface area contributed by atoms with E-state index < -0.39 is 23.9 Å². The zero-order valence-electron chi connectivity index (χ0n) is 16.8. The third-order valence-electron chi connectivity index (χ3n) is 4.00. The largest absolute Gasteiger partial charge is 0.490 e. The van der Waals surface area contributed by atoms with Gasteiger partial charge in [-0.05, 0) is 19.1 Å². The lowest BCUT2D eigenvalue weighted by Crippen LogP contribution is -2.21. The summed E-state index contributed by atoms with van der Waals surface area (Å²) in [4.78, 5) is 33.3. The first-order valence-electron chi connectivity index (χ1n) is 8.99. The van der Waals surface area contributed by atoms with Crippen LogP contribution in [-0.2, 0) is 17.4 Å². The molecule has 3 heterocycles. The van der Waals surface area contributed by atoms with Gasteiger partial charge in [-0.2, -0.15) is 40.8 Å². The van der Waals surface area contributed by atoms with E-state index in [2.05, 4.69) is 25.2 Å². The standard InChI is InChI=1S/C16H11F3N6O2.C2HF3O2/c1-8-6-13(26)25-15(20-8)21-11(23-25)7-12-22-14(24-27-12)9-2-4-10(5-3-9)16(17,18)19;3-2(4,5)1(6)7/h2-6H,7H2,1H3,(H,20,21,23);(H,6,7). The number of hydrogen-bond donors (Lipinski definition) is 2. The molecule has 0 fully saturated rings. The highest BCUT2D eigenvalue weighted by Gasteiger charge is 2.38. The molecule has 0 bridgehead atoms. The normalized spacial score (nSPS) is 11.9. The lowest BCUT2D eigenvalue weighted by molar-refractivity contribution is -0.192. The number of aliphatic carboxylic acids is 1. The number of nitrogens with one attached hydrogen (secondary N) is 1. The zero-order chi connectivity index (χ0) is 25.3. The van der Waals surface area contributed by atoms with Crippen LogP contribution >= 0.6 is 0 Å². The van der Waals surface area contributed by atoms with Crippen molar-refractivity contribution in [3.63, 3.8) is 0 Å². The summed E-state index contributed by atoms with van der Waals surface area (Å²) >= 11 is 0. The Morgan fingerprint density at radius 2 is 1.71 bits per heavy atom. The van der Waals surface area contributed by atoms with Gasteiger partial charge in [0.15, 0.2) is 0 Å². The summed E-state index contributed by atoms with van der Waals surface area (Å²) < 4.78 is 75.9. The van der Waals surface area contributed by atoms with E-state index in [1.165, 1.54) is 22.7 Å². The van der Waals surface area contributed by atoms with Crippen molar-refractivity contribution >= 4 is 11.7 Å². The van der Waals surface area contributed by atoms with Gasteiger partial charge in [-0.15, -0.1) is 0 Å². The maximum Gasteiger partial charge on any atom is 0.490 e. The Morgan fingerprint density at radius 1 is 1.09 bits per heavy atom. The molecule has 16 heteroatoms. The minimum Gasteiger partial charge on any atom is -0.475 e. The summed E-state index contributed by atoms with van der Waals surface area (Å²) in [5.74, 6) is -1.81. The molecular formula is C18H12F6N6O4. The van der Waals surface area contributed by atoms with Crippen molar-refractivity contribution in [2.45, 2.75) is 25.7 Å². The first kappa shape index (κ1) is 24.4. The lowest BCUT2D eigenvalue weighted by Gasteiger charge is -2.05. The minimum atomic E-state index is -5.08. The van der Waals surface area contributed by atoms with Crippen molar-refractivity contribution in [2.24, 2.45) is 0 Å². The van der Waals surface area contributed by atoms with Gasteiger partial charge in [0.25, 0.3) is 11.3 Å². The van der Waals surface area contributed by atoms with Crippen LogP contribution in [0.1, 0.15) is 23.0 Å². The fourth-order valence-corrected chi connectivity index (χ4v) is 2.51. The summed E-state index contributed by atoms with van der Waals surface area (Å²) in [5, 5.41) is 13.7. The Kier molecular flexibility index (Phi) is 6.42. The van der Waals surface area contributed by atoms with Crippen LogP contribution < -0.4 is 5.56 Å². The van der Waals surface area contributed by atoms with Gasteiger partial charge < -0.3 is 9.63 Å². The van der Waals surface area contributed by atoms with E-state index in [9.17, 15) is 31.1 Å². The first-order valence-corrected chi connectivity index (χ1v) is 8.99. The monoisotopic (exact) mass is 490 g/mol. The molecule has 0 aliphatic carbocycles. The lowest BCUT2D eigenvalue weighted by atomic mass is 10.1. The molecule has 180 valence electrons. The second-order valence-electron chi connectivity index (χ2n) is 6.61. The fourth-order valence-electron chi connectivity index (χ4n) is 2.51. The Labute approximate surface area is 183 Å². The average Bonchev–Trinajstić information content (AvgIpc) is 3.34. The minimum absolute atomic E-state index is 0.107. The van der Waals surface area contributed by atoms with Gasteiger partial charge in [0.1, 0.15) is 5.82 Å². The number of H-pyrrole nitrogens is 1. The molecule has 0 atom stereocenters. The molecule has 34 heavy (non-hydrogen) atoms. The molecule has 0 saturated heterocycles. The van der Waals surface area contributed by atoms with E-state index in [4.69, 9.17) is 14.4 Å². The maximum absolute atomic E-state index is 12.6. The summed E-state index contributed by atoms with van der Waals surface area (Å²) in [7, 11) is 0. The number of rotatable bonds is 3. The maximum atomic E-state index is 12.6. The van der Waals surface area contributed by atoms with Gasteiger partial charge in [0.05, 0.1) is 12.0 Å². The molecule has 0 amide bonds. The summed E-state index contributed by atoms with van der Waals surface area (Å²) in [6.45, 7) is 1.68. The predicted octanol–water partition coefficient (Wildman–Crippen LogP) is 3.02. The molecule has 0 spiro atoms. The van der Waals surface area contributed by atoms with Crippen LogP contribution in [0.15, 0.2) is 39.6 Å². The third-order valence-corrected chi connectivity index (χ3v) is 4.00. The Morgan fingerprint density at radius 3 is 2.26 bits per heavy atom. The van der Waals surface area contributed by atoms with Gasteiger partial charge >= 0.3 is 18.3 Å². The average molecular weight is 490 g/mol. The third kappa shape index (κ3) is 5.76. The number of carboxylic acids is 1. The van der Waals surface area contributed by atoms with Crippen molar-refractivity contribution in [2.75, 3.05) is 0 Å². The summed E-state index contributed by atoms with van der Waals surface area (Å²) in [6.07, 6.45) is -9.39. The molecule has 3 aromatic heterocycles. The van der Waals surface area contributed by atoms with E-state index >= 15 is 0 Å². The molecule has 2 N–H and O–H groups in total. The molecule has 0 saturated carbocycles. The molecule has 1 aromatic carbocycles. The van der Waals surface area contributed by atoms with Crippen LogP contribution in [0.3, 0.4) is 0 Å². The molecule has 4 aromatic rings. The van der Waals surface area contributed by atoms with Gasteiger partial charge in [-0.1, -0.05) is 17.3 Å². The molecule has 0 unspecified atom stereocenters. The second kappa shape index (κ2) is 8.95. The van der Waals surface area contributed by atoms with Crippen LogP contribution in [0.5, 0.6) is 0 Å². The molecule has 0 aliphatic rings. The van der Waals surface area contributed by atoms with Gasteiger partial charge in [-0.25, -0.2) is 9.78 Å². The fraction of sp³-hybridized carbons (Fsp3) is 0.222. The SMILES string of the molecule is Cc1cc(=O)n2[nH]c(Cc3nc(-c4ccc(C(F)(F)F)cc4)no3)nc2n1.O=C(O)C(F)(F)F. The molecule has 0 aliphatic heterocycles. The number of aryl methyl sites for hydroxylation is 1. The van der Waals surface area contributed by atoms with E-state index in [-0.39, 0.29) is 29.5 Å².